The molecule has 2 aliphatic rings. The molecule has 2 unspecified atom stereocenters. The molecule has 2 heterocycles. The Balaban J connectivity index is 1.90. The molecule has 2 amide bonds. The molecule has 0 saturated carbocycles. The summed E-state index contributed by atoms with van der Waals surface area (Å²) in [5, 5.41) is 0. The third kappa shape index (κ3) is 2.27. The second-order valence-corrected chi connectivity index (χ2v) is 5.19. The van der Waals surface area contributed by atoms with Crippen molar-refractivity contribution in [2.45, 2.75) is 33.1 Å². The fraction of sp³-hybridized carbons (Fsp3) is 0.917. The normalized spacial score (nSPS) is 32.1. The van der Waals surface area contributed by atoms with Crippen LogP contribution in [0.1, 0.15) is 33.1 Å². The van der Waals surface area contributed by atoms with E-state index in [9.17, 15) is 4.79 Å². The number of piperidine rings is 1. The molecule has 0 aromatic carbocycles. The van der Waals surface area contributed by atoms with Gasteiger partial charge in [-0.15, -0.1) is 0 Å². The minimum atomic E-state index is 0.283. The number of rotatable bonds is 0. The van der Waals surface area contributed by atoms with E-state index in [1.807, 2.05) is 9.80 Å². The van der Waals surface area contributed by atoms with Gasteiger partial charge >= 0.3 is 6.03 Å². The van der Waals surface area contributed by atoms with E-state index in [2.05, 4.69) is 13.8 Å². The summed E-state index contributed by atoms with van der Waals surface area (Å²) in [4.78, 5) is 16.2. The molecule has 0 aliphatic carbocycles. The summed E-state index contributed by atoms with van der Waals surface area (Å²) in [7, 11) is 0. The number of hydrogen-bond acceptors (Lipinski definition) is 1. The number of hydrogen-bond donors (Lipinski definition) is 0. The van der Waals surface area contributed by atoms with Gasteiger partial charge in [0.1, 0.15) is 0 Å². The fourth-order valence-corrected chi connectivity index (χ4v) is 2.57. The van der Waals surface area contributed by atoms with Crippen molar-refractivity contribution >= 4 is 6.03 Å². The van der Waals surface area contributed by atoms with E-state index in [0.29, 0.717) is 11.8 Å². The lowest BCUT2D eigenvalue weighted by Crippen LogP contribution is -2.44. The molecule has 0 N–H and O–H groups in total. The average Bonchev–Trinajstić information content (AvgIpc) is 2.59. The van der Waals surface area contributed by atoms with Gasteiger partial charge in [-0.3, -0.25) is 0 Å². The van der Waals surface area contributed by atoms with E-state index in [1.165, 1.54) is 19.3 Å². The van der Waals surface area contributed by atoms with Crippen molar-refractivity contribution in [3.05, 3.63) is 0 Å². The van der Waals surface area contributed by atoms with Gasteiger partial charge in [0, 0.05) is 26.2 Å². The first-order valence-corrected chi connectivity index (χ1v) is 6.22. The minimum absolute atomic E-state index is 0.283. The SMILES string of the molecule is CC1CN(C(=O)N2CCCCC2)CC1C. The highest BCUT2D eigenvalue weighted by Crippen LogP contribution is 2.23. The molecule has 15 heavy (non-hydrogen) atoms. The van der Waals surface area contributed by atoms with Crippen LogP contribution < -0.4 is 0 Å². The molecule has 0 aromatic rings. The summed E-state index contributed by atoms with van der Waals surface area (Å²) in [6, 6.07) is 0.283. The monoisotopic (exact) mass is 210 g/mol. The highest BCUT2D eigenvalue weighted by atomic mass is 16.2. The van der Waals surface area contributed by atoms with Crippen LogP contribution in [-0.2, 0) is 0 Å². The highest BCUT2D eigenvalue weighted by molar-refractivity contribution is 5.74. The van der Waals surface area contributed by atoms with Gasteiger partial charge in [0.25, 0.3) is 0 Å². The second-order valence-electron chi connectivity index (χ2n) is 5.19. The Hall–Kier alpha value is -0.730. The van der Waals surface area contributed by atoms with Crippen molar-refractivity contribution in [3.63, 3.8) is 0 Å². The standard InChI is InChI=1S/C12H22N2O/c1-10-8-14(9-11(10)2)12(15)13-6-4-3-5-7-13/h10-11H,3-9H2,1-2H3. The molecule has 0 aromatic heterocycles. The van der Waals surface area contributed by atoms with Crippen LogP contribution in [0.25, 0.3) is 0 Å². The van der Waals surface area contributed by atoms with Crippen LogP contribution in [0.5, 0.6) is 0 Å². The molecule has 2 fully saturated rings. The average molecular weight is 210 g/mol. The Morgan fingerprint density at radius 3 is 2.00 bits per heavy atom. The van der Waals surface area contributed by atoms with Gasteiger partial charge in [0.15, 0.2) is 0 Å². The number of carbonyl (C=O) groups is 1. The molecule has 3 heteroatoms. The van der Waals surface area contributed by atoms with Crippen LogP contribution in [0.2, 0.25) is 0 Å². The molecule has 2 saturated heterocycles. The molecule has 0 spiro atoms. The largest absolute Gasteiger partial charge is 0.325 e. The van der Waals surface area contributed by atoms with Crippen molar-refractivity contribution in [2.24, 2.45) is 11.8 Å². The van der Waals surface area contributed by atoms with E-state index < -0.39 is 0 Å². The first-order chi connectivity index (χ1) is 7.18. The summed E-state index contributed by atoms with van der Waals surface area (Å²) in [5.74, 6) is 1.33. The van der Waals surface area contributed by atoms with Crippen molar-refractivity contribution in [3.8, 4) is 0 Å². The van der Waals surface area contributed by atoms with Crippen molar-refractivity contribution < 1.29 is 4.79 Å². The lowest BCUT2D eigenvalue weighted by Gasteiger charge is -2.31. The van der Waals surface area contributed by atoms with Crippen LogP contribution in [0.4, 0.5) is 4.79 Å². The van der Waals surface area contributed by atoms with Crippen LogP contribution in [-0.4, -0.2) is 42.0 Å². The fourth-order valence-electron chi connectivity index (χ4n) is 2.57. The maximum absolute atomic E-state index is 12.1. The molecule has 3 nitrogen and oxygen atoms in total. The summed E-state index contributed by atoms with van der Waals surface area (Å²) < 4.78 is 0. The molecular formula is C12H22N2O. The first kappa shape index (κ1) is 10.8. The maximum atomic E-state index is 12.1. The van der Waals surface area contributed by atoms with E-state index >= 15 is 0 Å². The lowest BCUT2D eigenvalue weighted by molar-refractivity contribution is 0.151. The van der Waals surface area contributed by atoms with E-state index in [-0.39, 0.29) is 6.03 Å². The topological polar surface area (TPSA) is 23.6 Å². The van der Waals surface area contributed by atoms with Gasteiger partial charge in [0.2, 0.25) is 0 Å². The number of likely N-dealkylation sites (tertiary alicyclic amines) is 2. The Morgan fingerprint density at radius 1 is 0.933 bits per heavy atom. The molecule has 86 valence electrons. The van der Waals surface area contributed by atoms with Crippen LogP contribution >= 0.6 is 0 Å². The number of carbonyl (C=O) groups excluding carboxylic acids is 1. The predicted octanol–water partition coefficient (Wildman–Crippen LogP) is 2.18. The number of urea groups is 1. The third-order valence-corrected chi connectivity index (χ3v) is 3.89. The van der Waals surface area contributed by atoms with Gasteiger partial charge in [-0.25, -0.2) is 4.79 Å². The quantitative estimate of drug-likeness (QED) is 0.601. The summed E-state index contributed by atoms with van der Waals surface area (Å²) >= 11 is 0. The van der Waals surface area contributed by atoms with E-state index in [4.69, 9.17) is 0 Å². The van der Waals surface area contributed by atoms with Crippen LogP contribution in [0, 0.1) is 11.8 Å². The summed E-state index contributed by atoms with van der Waals surface area (Å²) in [6.07, 6.45) is 3.66. The lowest BCUT2D eigenvalue weighted by atomic mass is 10.0. The Morgan fingerprint density at radius 2 is 1.47 bits per heavy atom. The zero-order valence-electron chi connectivity index (χ0n) is 9.91. The van der Waals surface area contributed by atoms with Crippen molar-refractivity contribution in [1.82, 2.24) is 9.80 Å². The number of nitrogens with zero attached hydrogens (tertiary/aromatic N) is 2. The maximum Gasteiger partial charge on any atom is 0.320 e. The van der Waals surface area contributed by atoms with Crippen LogP contribution in [0.15, 0.2) is 0 Å². The van der Waals surface area contributed by atoms with Gasteiger partial charge < -0.3 is 9.80 Å². The third-order valence-electron chi connectivity index (χ3n) is 3.89. The predicted molar refractivity (Wildman–Crippen MR) is 60.7 cm³/mol. The molecule has 0 radical (unpaired) electrons. The Labute approximate surface area is 92.4 Å². The van der Waals surface area contributed by atoms with Crippen molar-refractivity contribution in [1.29, 1.82) is 0 Å². The van der Waals surface area contributed by atoms with Crippen LogP contribution in [0.3, 0.4) is 0 Å². The molecule has 2 atom stereocenters. The van der Waals surface area contributed by atoms with Crippen molar-refractivity contribution in [2.75, 3.05) is 26.2 Å². The first-order valence-electron chi connectivity index (χ1n) is 6.22. The van der Waals surface area contributed by atoms with E-state index in [1.54, 1.807) is 0 Å². The van der Waals surface area contributed by atoms with E-state index in [0.717, 1.165) is 26.2 Å². The Kier molecular flexibility index (Phi) is 3.17. The second kappa shape index (κ2) is 4.42. The summed E-state index contributed by atoms with van der Waals surface area (Å²) in [6.45, 7) is 8.34. The molecule has 2 aliphatic heterocycles. The number of amides is 2. The van der Waals surface area contributed by atoms with Gasteiger partial charge in [-0.05, 0) is 31.1 Å². The summed E-state index contributed by atoms with van der Waals surface area (Å²) in [5.41, 5.74) is 0. The minimum Gasteiger partial charge on any atom is -0.325 e. The Bertz CT molecular complexity index is 226. The zero-order chi connectivity index (χ0) is 10.8. The molecular weight excluding hydrogens is 188 g/mol. The smallest absolute Gasteiger partial charge is 0.320 e. The zero-order valence-corrected chi connectivity index (χ0v) is 9.91. The van der Waals surface area contributed by atoms with Gasteiger partial charge in [-0.2, -0.15) is 0 Å². The molecule has 0 bridgehead atoms. The highest BCUT2D eigenvalue weighted by Gasteiger charge is 2.32. The van der Waals surface area contributed by atoms with Gasteiger partial charge in [-0.1, -0.05) is 13.8 Å². The van der Waals surface area contributed by atoms with Gasteiger partial charge in [0.05, 0.1) is 0 Å². The molecule has 2 rings (SSSR count).